The summed E-state index contributed by atoms with van der Waals surface area (Å²) >= 11 is 0. The van der Waals surface area contributed by atoms with Crippen LogP contribution in [0.4, 0.5) is 0 Å². The Morgan fingerprint density at radius 2 is 2.33 bits per heavy atom. The summed E-state index contributed by atoms with van der Waals surface area (Å²) in [5, 5.41) is 8.07. The zero-order valence-electron chi connectivity index (χ0n) is 5.03. The van der Waals surface area contributed by atoms with Gasteiger partial charge in [0.05, 0.1) is 0 Å². The van der Waals surface area contributed by atoms with E-state index in [4.69, 9.17) is 5.11 Å². The van der Waals surface area contributed by atoms with Gasteiger partial charge in [0, 0.05) is 7.11 Å². The third kappa shape index (κ3) is 5.40. The summed E-state index contributed by atoms with van der Waals surface area (Å²) in [6, 6.07) is 0. The van der Waals surface area contributed by atoms with E-state index in [9.17, 15) is 9.36 Å². The molecule has 0 amide bonds. The second-order valence-electron chi connectivity index (χ2n) is 1.45. The van der Waals surface area contributed by atoms with Crippen molar-refractivity contribution < 1.29 is 19.2 Å². The fourth-order valence-electron chi connectivity index (χ4n) is 0.340. The number of methoxy groups -OCH3 is 1. The first-order valence-corrected chi connectivity index (χ1v) is 3.92. The van der Waals surface area contributed by atoms with Crippen LogP contribution in [0.5, 0.6) is 0 Å². The minimum Gasteiger partial charge on any atom is -0.478 e. The molecule has 0 aromatic rings. The van der Waals surface area contributed by atoms with Crippen LogP contribution >= 0.6 is 7.80 Å². The van der Waals surface area contributed by atoms with E-state index < -0.39 is 13.8 Å². The minimum atomic E-state index is -1.69. The van der Waals surface area contributed by atoms with Crippen molar-refractivity contribution in [1.82, 2.24) is 0 Å². The van der Waals surface area contributed by atoms with Crippen LogP contribution in [0.3, 0.4) is 0 Å². The normalized spacial score (nSPS) is 11.0. The molecule has 9 heavy (non-hydrogen) atoms. The summed E-state index contributed by atoms with van der Waals surface area (Å²) in [7, 11) is -0.308. The van der Waals surface area contributed by atoms with E-state index in [1.54, 1.807) is 0 Å². The lowest BCUT2D eigenvalue weighted by molar-refractivity contribution is -0.134. The predicted octanol–water partition coefficient (Wildman–Crippen LogP) is 0.502. The molecule has 52 valence electrons. The van der Waals surface area contributed by atoms with Crippen LogP contribution in [-0.2, 0) is 14.1 Å². The molecule has 0 saturated heterocycles. The maximum atomic E-state index is 10.5. The quantitative estimate of drug-likeness (QED) is 0.594. The van der Waals surface area contributed by atoms with Gasteiger partial charge in [-0.05, 0) is 0 Å². The van der Waals surface area contributed by atoms with Gasteiger partial charge in [-0.15, -0.1) is 0 Å². The van der Waals surface area contributed by atoms with Crippen LogP contribution < -0.4 is 0 Å². The molecule has 0 aliphatic carbocycles. The fraction of sp³-hybridized carbons (Fsp3) is 0.750. The van der Waals surface area contributed by atoms with Crippen molar-refractivity contribution in [2.24, 2.45) is 0 Å². The molecule has 0 aliphatic heterocycles. The maximum absolute atomic E-state index is 10.5. The molecule has 1 N–H and O–H groups in total. The molecule has 0 aromatic carbocycles. The molecular formula is C4H8O4P+. The molecule has 5 heteroatoms. The van der Waals surface area contributed by atoms with Crippen molar-refractivity contribution in [2.45, 2.75) is 0 Å². The Kier molecular flexibility index (Phi) is 4.18. The molecule has 0 aromatic heterocycles. The highest BCUT2D eigenvalue weighted by molar-refractivity contribution is 7.45. The van der Waals surface area contributed by atoms with E-state index in [1.165, 1.54) is 7.11 Å². The van der Waals surface area contributed by atoms with Gasteiger partial charge in [-0.25, -0.2) is 4.79 Å². The Hall–Kier alpha value is -0.470. The van der Waals surface area contributed by atoms with Crippen molar-refractivity contribution >= 4 is 13.8 Å². The summed E-state index contributed by atoms with van der Waals surface area (Å²) in [4.78, 5) is 9.85. The first kappa shape index (κ1) is 8.53. The Morgan fingerprint density at radius 1 is 1.78 bits per heavy atom. The van der Waals surface area contributed by atoms with Crippen molar-refractivity contribution in [1.29, 1.82) is 0 Å². The number of carboxylic acid groups (broad SMARTS) is 1. The van der Waals surface area contributed by atoms with Crippen LogP contribution in [-0.4, -0.2) is 30.7 Å². The van der Waals surface area contributed by atoms with Crippen molar-refractivity contribution in [3.8, 4) is 0 Å². The summed E-state index contributed by atoms with van der Waals surface area (Å²) in [6.07, 6.45) is -0.273. The van der Waals surface area contributed by atoms with Crippen LogP contribution in [0.15, 0.2) is 0 Å². The topological polar surface area (TPSA) is 63.6 Å². The van der Waals surface area contributed by atoms with Gasteiger partial charge in [-0.3, -0.25) is 0 Å². The molecule has 0 saturated carbocycles. The van der Waals surface area contributed by atoms with Crippen LogP contribution in [0, 0.1) is 0 Å². The number of rotatable bonds is 4. The molecule has 4 nitrogen and oxygen atoms in total. The number of ether oxygens (including phenoxy) is 1. The molecule has 0 spiro atoms. The van der Waals surface area contributed by atoms with Gasteiger partial charge in [0.2, 0.25) is 12.5 Å². The van der Waals surface area contributed by atoms with E-state index in [-0.39, 0.29) is 12.5 Å². The van der Waals surface area contributed by atoms with Gasteiger partial charge < -0.3 is 9.84 Å². The highest BCUT2D eigenvalue weighted by atomic mass is 31.1. The molecular weight excluding hydrogens is 143 g/mol. The molecule has 0 bridgehead atoms. The first-order chi connectivity index (χ1) is 4.16. The highest BCUT2D eigenvalue weighted by Crippen LogP contribution is 2.18. The Bertz CT molecular complexity index is 122. The molecule has 0 heterocycles. The van der Waals surface area contributed by atoms with Gasteiger partial charge in [-0.1, -0.05) is 4.57 Å². The number of hydrogen-bond acceptors (Lipinski definition) is 3. The third-order valence-electron chi connectivity index (χ3n) is 0.585. The summed E-state index contributed by atoms with van der Waals surface area (Å²) in [5.41, 5.74) is 0. The Balaban J connectivity index is 3.39. The van der Waals surface area contributed by atoms with Gasteiger partial charge in [0.1, 0.15) is 0 Å². The maximum Gasteiger partial charge on any atom is 0.378 e. The van der Waals surface area contributed by atoms with E-state index in [0.717, 1.165) is 0 Å². The first-order valence-electron chi connectivity index (χ1n) is 2.29. The largest absolute Gasteiger partial charge is 0.478 e. The molecule has 0 radical (unpaired) electrons. The average Bonchev–Trinajstić information content (AvgIpc) is 1.63. The number of carbonyl (C=O) groups is 1. The van der Waals surface area contributed by atoms with E-state index >= 15 is 0 Å². The van der Waals surface area contributed by atoms with Gasteiger partial charge in [0.15, 0.2) is 0 Å². The average molecular weight is 151 g/mol. The summed E-state index contributed by atoms with van der Waals surface area (Å²) in [6.45, 7) is 0. The fourth-order valence-corrected chi connectivity index (χ4v) is 1.02. The van der Waals surface area contributed by atoms with Gasteiger partial charge >= 0.3 is 13.8 Å². The second kappa shape index (κ2) is 4.41. The third-order valence-corrected chi connectivity index (χ3v) is 1.75. The molecule has 0 fully saturated rings. The van der Waals surface area contributed by atoms with Crippen molar-refractivity contribution in [3.05, 3.63) is 0 Å². The number of carboxylic acids is 1. The molecule has 0 rings (SSSR count). The van der Waals surface area contributed by atoms with E-state index in [1.807, 2.05) is 0 Å². The zero-order valence-corrected chi connectivity index (χ0v) is 5.93. The zero-order chi connectivity index (χ0) is 7.28. The SMILES string of the molecule is COC[P+](=O)CC(=O)O. The standard InChI is InChI=1S/C4H7O4P/c1-8-3-9(7)2-4(5)6/h2-3H2,1H3/p+1. The van der Waals surface area contributed by atoms with Crippen molar-refractivity contribution in [3.63, 3.8) is 0 Å². The lowest BCUT2D eigenvalue weighted by Crippen LogP contribution is -1.99. The van der Waals surface area contributed by atoms with Crippen molar-refractivity contribution in [2.75, 3.05) is 19.6 Å². The Labute approximate surface area is 53.6 Å². The summed E-state index contributed by atoms with van der Waals surface area (Å²) < 4.78 is 15.0. The highest BCUT2D eigenvalue weighted by Gasteiger charge is 2.18. The molecule has 1 unspecified atom stereocenters. The van der Waals surface area contributed by atoms with Crippen LogP contribution in [0.25, 0.3) is 0 Å². The van der Waals surface area contributed by atoms with Crippen LogP contribution in [0.1, 0.15) is 0 Å². The van der Waals surface area contributed by atoms with E-state index in [0.29, 0.717) is 0 Å². The minimum absolute atomic E-state index is 0.0294. The lowest BCUT2D eigenvalue weighted by atomic mass is 10.8. The number of aliphatic carboxylic acids is 1. The van der Waals surface area contributed by atoms with Crippen LogP contribution in [0.2, 0.25) is 0 Å². The second-order valence-corrected chi connectivity index (χ2v) is 2.99. The molecule has 1 atom stereocenters. The van der Waals surface area contributed by atoms with Gasteiger partial charge in [-0.2, -0.15) is 0 Å². The van der Waals surface area contributed by atoms with E-state index in [2.05, 4.69) is 4.74 Å². The lowest BCUT2D eigenvalue weighted by Gasteiger charge is -1.81. The Morgan fingerprint density at radius 3 is 2.67 bits per heavy atom. The monoisotopic (exact) mass is 151 g/mol. The smallest absolute Gasteiger partial charge is 0.378 e. The predicted molar refractivity (Wildman–Crippen MR) is 32.0 cm³/mol. The van der Waals surface area contributed by atoms with Gasteiger partial charge in [0.25, 0.3) is 0 Å². The summed E-state index contributed by atoms with van der Waals surface area (Å²) in [5.74, 6) is -1.05. The molecule has 0 aliphatic rings. The number of hydrogen-bond donors (Lipinski definition) is 1.